The average molecular weight is 790 g/mol. The third-order valence-corrected chi connectivity index (χ3v) is 9.75. The maximum Gasteiger partial charge on any atom is 0.305 e. The zero-order valence-electron chi connectivity index (χ0n) is 28.9. The van der Waals surface area contributed by atoms with Gasteiger partial charge in [-0.2, -0.15) is 0 Å². The van der Waals surface area contributed by atoms with Crippen molar-refractivity contribution < 1.29 is 104 Å². The molecule has 1 aromatic rings. The molecule has 16 unspecified atom stereocenters. The topological polar surface area (TPSA) is 340 Å². The van der Waals surface area contributed by atoms with Gasteiger partial charge in [0.1, 0.15) is 78.7 Å². The Hall–Kier alpha value is -3.62. The van der Waals surface area contributed by atoms with Gasteiger partial charge in [-0.15, -0.1) is 0 Å². The second-order valence-corrected chi connectivity index (χ2v) is 13.3. The van der Waals surface area contributed by atoms with E-state index in [2.05, 4.69) is 0 Å². The highest BCUT2D eigenvalue weighted by Crippen LogP contribution is 2.41. The number of benzene rings is 1. The number of aliphatic hydroxyl groups excluding tert-OH is 12. The van der Waals surface area contributed by atoms with E-state index in [1.54, 1.807) is 0 Å². The average Bonchev–Trinajstić information content (AvgIpc) is 3.17. The zero-order valence-corrected chi connectivity index (χ0v) is 28.9. The van der Waals surface area contributed by atoms with Gasteiger partial charge in [0.05, 0.1) is 44.1 Å². The van der Waals surface area contributed by atoms with Crippen LogP contribution in [0.15, 0.2) is 59.3 Å². The Morgan fingerprint density at radius 1 is 0.655 bits per heavy atom. The normalized spacial score (nSPS) is 40.6. The summed E-state index contributed by atoms with van der Waals surface area (Å²) in [5.74, 6) is -0.972. The minimum absolute atomic E-state index is 0.00143. The van der Waals surface area contributed by atoms with Gasteiger partial charge in [-0.3, -0.25) is 0 Å². The van der Waals surface area contributed by atoms with Crippen LogP contribution in [0.3, 0.4) is 0 Å². The van der Waals surface area contributed by atoms with E-state index >= 15 is 0 Å². The molecule has 5 aliphatic rings. The van der Waals surface area contributed by atoms with E-state index < -0.39 is 118 Å². The van der Waals surface area contributed by atoms with Crippen molar-refractivity contribution in [3.63, 3.8) is 0 Å². The first-order valence-corrected chi connectivity index (χ1v) is 17.1. The number of fused-ring (bicyclic) bond motifs is 1. The fourth-order valence-electron chi connectivity index (χ4n) is 6.62. The first kappa shape index (κ1) is 41.0. The van der Waals surface area contributed by atoms with Crippen LogP contribution >= 0.6 is 0 Å². The number of allylic oxidation sites excluding steroid dienone is 2. The number of ether oxygens (including phenoxy) is 8. The van der Waals surface area contributed by atoms with Gasteiger partial charge in [0, 0.05) is 18.2 Å². The van der Waals surface area contributed by atoms with E-state index in [4.69, 9.17) is 37.9 Å². The zero-order chi connectivity index (χ0) is 39.9. The molecule has 4 aliphatic heterocycles. The third kappa shape index (κ3) is 8.00. The van der Waals surface area contributed by atoms with E-state index in [1.165, 1.54) is 37.5 Å². The number of aromatic hydroxyl groups is 1. The van der Waals surface area contributed by atoms with Crippen LogP contribution in [0.2, 0.25) is 0 Å². The lowest BCUT2D eigenvalue weighted by Gasteiger charge is -2.46. The SMILES string of the molecule is COc1cc(C2=C(OC3OC(CO)C(O)C(O)C3OC3OC(CO)C(O)C(O)C3O)C=C3C(OC4OC(CO)C(O)C(O)C4O)=CC(O)=CC3[OH+]2)ccc1O. The first-order valence-electron chi connectivity index (χ1n) is 17.1. The minimum Gasteiger partial charge on any atom is -0.571 e. The molecule has 16 atom stereocenters. The first-order chi connectivity index (χ1) is 26.2. The van der Waals surface area contributed by atoms with Gasteiger partial charge < -0.3 is 104 Å². The molecule has 55 heavy (non-hydrogen) atoms. The van der Waals surface area contributed by atoms with Crippen molar-refractivity contribution in [2.75, 3.05) is 26.9 Å². The Bertz CT molecular complexity index is 1640. The highest BCUT2D eigenvalue weighted by atomic mass is 16.8. The fraction of sp³-hybridized carbons (Fsp3) is 0.588. The summed E-state index contributed by atoms with van der Waals surface area (Å²) in [4.78, 5) is 0. The lowest BCUT2D eigenvalue weighted by Crippen LogP contribution is -2.64. The van der Waals surface area contributed by atoms with Gasteiger partial charge in [0.25, 0.3) is 0 Å². The van der Waals surface area contributed by atoms with Crippen LogP contribution in [0, 0.1) is 0 Å². The number of phenolic OH excluding ortho intramolecular Hbond substituents is 1. The van der Waals surface area contributed by atoms with E-state index in [1.807, 2.05) is 0 Å². The van der Waals surface area contributed by atoms with Crippen molar-refractivity contribution in [2.45, 2.75) is 98.2 Å². The molecular formula is C34H45O21+. The molecule has 21 nitrogen and oxygen atoms in total. The molecule has 14 N–H and O–H groups in total. The number of rotatable bonds is 11. The molecule has 1 aromatic carbocycles. The van der Waals surface area contributed by atoms with Gasteiger partial charge in [-0.25, -0.2) is 0 Å². The standard InChI is InChI=1S/C34H44O21/c1-48-17-4-11(2-3-14(17)39)30-18(7-13-15(49-30)5-12(38)6-16(13)50-32-28(46)25(43)22(40)19(8-35)52-32)51-34-31(27(45)24(42)21(10-37)54-34)55-33-29(47)26(44)23(41)20(9-36)53-33/h2-7,15,19-29,31-47H,8-10H2,1H3/p+1. The second kappa shape index (κ2) is 16.9. The number of hydrogen-bond acceptors (Lipinski definition) is 20. The molecule has 0 aromatic heterocycles. The van der Waals surface area contributed by atoms with E-state index in [9.17, 15) is 66.4 Å². The van der Waals surface area contributed by atoms with Crippen LogP contribution < -0.4 is 4.74 Å². The van der Waals surface area contributed by atoms with Gasteiger partial charge in [0.2, 0.25) is 24.4 Å². The molecule has 3 saturated heterocycles. The van der Waals surface area contributed by atoms with E-state index in [0.717, 1.165) is 6.08 Å². The Kier molecular flexibility index (Phi) is 12.6. The number of aliphatic hydroxyl groups is 14. The van der Waals surface area contributed by atoms with Gasteiger partial charge in [-0.05, 0) is 12.1 Å². The van der Waals surface area contributed by atoms with Crippen molar-refractivity contribution in [1.29, 1.82) is 0 Å². The van der Waals surface area contributed by atoms with Crippen LogP contribution in [-0.2, 0) is 28.4 Å². The Morgan fingerprint density at radius 3 is 1.82 bits per heavy atom. The molecular weight excluding hydrogens is 744 g/mol. The van der Waals surface area contributed by atoms with Crippen LogP contribution in [0.25, 0.3) is 5.76 Å². The Morgan fingerprint density at radius 2 is 1.22 bits per heavy atom. The summed E-state index contributed by atoms with van der Waals surface area (Å²) >= 11 is 0. The molecule has 0 saturated carbocycles. The summed E-state index contributed by atoms with van der Waals surface area (Å²) < 4.78 is 44.7. The smallest absolute Gasteiger partial charge is 0.305 e. The molecule has 0 radical (unpaired) electrons. The molecule has 6 rings (SSSR count). The molecule has 0 spiro atoms. The lowest BCUT2D eigenvalue weighted by atomic mass is 9.95. The minimum atomic E-state index is -1.95. The van der Waals surface area contributed by atoms with Gasteiger partial charge in [0.15, 0.2) is 23.9 Å². The van der Waals surface area contributed by atoms with Crippen LogP contribution in [0.1, 0.15) is 5.56 Å². The molecule has 306 valence electrons. The number of hydrogen-bond donors (Lipinski definition) is 13. The van der Waals surface area contributed by atoms with Crippen LogP contribution in [0.5, 0.6) is 11.5 Å². The maximum absolute atomic E-state index is 11.2. The largest absolute Gasteiger partial charge is 0.571 e. The van der Waals surface area contributed by atoms with Crippen LogP contribution in [0.4, 0.5) is 0 Å². The molecule has 0 amide bonds. The molecule has 21 heteroatoms. The molecule has 3 fully saturated rings. The molecule has 4 heterocycles. The fourth-order valence-corrected chi connectivity index (χ4v) is 6.62. The quantitative estimate of drug-likeness (QED) is 0.0931. The second-order valence-electron chi connectivity index (χ2n) is 13.3. The third-order valence-electron chi connectivity index (χ3n) is 9.75. The maximum atomic E-state index is 11.2. The van der Waals surface area contributed by atoms with E-state index in [-0.39, 0.29) is 45.7 Å². The van der Waals surface area contributed by atoms with Gasteiger partial charge >= 0.3 is 5.76 Å². The highest BCUT2D eigenvalue weighted by molar-refractivity contribution is 5.69. The van der Waals surface area contributed by atoms with Crippen molar-refractivity contribution >= 4 is 5.76 Å². The monoisotopic (exact) mass is 789 g/mol. The van der Waals surface area contributed by atoms with Gasteiger partial charge in [-0.1, -0.05) is 0 Å². The molecule has 1 aliphatic carbocycles. The number of phenols is 1. The van der Waals surface area contributed by atoms with Crippen LogP contribution in [-0.4, -0.2) is 196 Å². The molecule has 0 bridgehead atoms. The van der Waals surface area contributed by atoms with Crippen molar-refractivity contribution in [1.82, 2.24) is 0 Å². The predicted octanol–water partition coefficient (Wildman–Crippen LogP) is -5.30. The summed E-state index contributed by atoms with van der Waals surface area (Å²) in [5.41, 5.74) is 0.376. The number of methoxy groups -OCH3 is 1. The van der Waals surface area contributed by atoms with Crippen molar-refractivity contribution in [3.05, 3.63) is 64.8 Å². The van der Waals surface area contributed by atoms with Crippen molar-refractivity contribution in [2.24, 2.45) is 0 Å². The summed E-state index contributed by atoms with van der Waals surface area (Å²) in [5, 5.41) is 135. The Labute approximate surface area is 311 Å². The highest BCUT2D eigenvalue weighted by Gasteiger charge is 2.52. The van der Waals surface area contributed by atoms with E-state index in [0.29, 0.717) is 0 Å². The summed E-state index contributed by atoms with van der Waals surface area (Å²) in [6, 6.07) is 4.12. The lowest BCUT2D eigenvalue weighted by molar-refractivity contribution is -0.363. The Balaban J connectivity index is 1.40. The summed E-state index contributed by atoms with van der Waals surface area (Å²) in [6.07, 6.45) is -23.3. The summed E-state index contributed by atoms with van der Waals surface area (Å²) in [6.45, 7) is -2.39. The van der Waals surface area contributed by atoms with Crippen molar-refractivity contribution in [3.8, 4) is 11.5 Å². The summed E-state index contributed by atoms with van der Waals surface area (Å²) in [7, 11) is 1.30. The predicted molar refractivity (Wildman–Crippen MR) is 177 cm³/mol.